The van der Waals surface area contributed by atoms with Crippen molar-refractivity contribution in [1.29, 1.82) is 0 Å². The molecule has 0 radical (unpaired) electrons. The van der Waals surface area contributed by atoms with Gasteiger partial charge in [0.2, 0.25) is 5.95 Å². The van der Waals surface area contributed by atoms with Crippen LogP contribution in [0.4, 0.5) is 16.4 Å². The number of aromatic nitrogens is 6. The first-order valence-corrected chi connectivity index (χ1v) is 12.4. The summed E-state index contributed by atoms with van der Waals surface area (Å²) >= 11 is 0. The first-order chi connectivity index (χ1) is 18.6. The van der Waals surface area contributed by atoms with E-state index in [1.807, 2.05) is 45.9 Å². The Kier molecular flexibility index (Phi) is 6.73. The fourth-order valence-electron chi connectivity index (χ4n) is 4.31. The van der Waals surface area contributed by atoms with Crippen molar-refractivity contribution in [2.75, 3.05) is 11.9 Å². The Hall–Kier alpha value is -4.81. The van der Waals surface area contributed by atoms with Crippen LogP contribution in [0.25, 0.3) is 11.4 Å². The third-order valence-corrected chi connectivity index (χ3v) is 6.43. The molecule has 0 fully saturated rings. The number of nitrogens with one attached hydrogen (secondary N) is 3. The minimum atomic E-state index is -1.04. The molecule has 3 aromatic heterocycles. The molecule has 0 spiro atoms. The molecule has 4 aromatic rings. The van der Waals surface area contributed by atoms with E-state index in [9.17, 15) is 14.7 Å². The number of carbonyl (C=O) groups excluding carboxylic acids is 1. The number of nitrogens with zero attached hydrogens (tertiary/aromatic N) is 6. The molecule has 0 saturated carbocycles. The SMILES string of the molecule is Cc1[nH]ncc1Nc1ncnc(-c2ccc3c(c2)CN(C(=O)O)CC[C@H]3NC(=O)c2coc(C(C)(C)C)n2)n1. The van der Waals surface area contributed by atoms with Gasteiger partial charge in [0, 0.05) is 24.1 Å². The Bertz CT molecular complexity index is 1520. The summed E-state index contributed by atoms with van der Waals surface area (Å²) in [6.07, 6.45) is 3.75. The first-order valence-electron chi connectivity index (χ1n) is 12.4. The predicted molar refractivity (Wildman–Crippen MR) is 140 cm³/mol. The molecule has 1 aromatic carbocycles. The van der Waals surface area contributed by atoms with E-state index in [0.717, 1.165) is 22.5 Å². The van der Waals surface area contributed by atoms with Crippen molar-refractivity contribution in [3.63, 3.8) is 0 Å². The van der Waals surface area contributed by atoms with Crippen LogP contribution in [0.2, 0.25) is 0 Å². The quantitative estimate of drug-likeness (QED) is 0.295. The molecule has 0 unspecified atom stereocenters. The number of benzene rings is 1. The summed E-state index contributed by atoms with van der Waals surface area (Å²) < 4.78 is 5.51. The van der Waals surface area contributed by atoms with Crippen LogP contribution >= 0.6 is 0 Å². The molecule has 1 aliphatic heterocycles. The summed E-state index contributed by atoms with van der Waals surface area (Å²) in [7, 11) is 0. The fraction of sp³-hybridized carbons (Fsp3) is 0.346. The Balaban J connectivity index is 1.43. The predicted octanol–water partition coefficient (Wildman–Crippen LogP) is 3.95. The number of carboxylic acid groups (broad SMARTS) is 1. The molecule has 5 rings (SSSR count). The molecular weight excluding hydrogens is 502 g/mol. The van der Waals surface area contributed by atoms with Gasteiger partial charge in [-0.05, 0) is 30.5 Å². The Morgan fingerprint density at radius 2 is 2.03 bits per heavy atom. The summed E-state index contributed by atoms with van der Waals surface area (Å²) in [5.41, 5.74) is 3.66. The van der Waals surface area contributed by atoms with E-state index in [4.69, 9.17) is 4.42 Å². The number of hydrogen-bond donors (Lipinski definition) is 4. The van der Waals surface area contributed by atoms with Crippen molar-refractivity contribution >= 4 is 23.6 Å². The molecule has 13 nitrogen and oxygen atoms in total. The maximum Gasteiger partial charge on any atom is 0.407 e. The van der Waals surface area contributed by atoms with Crippen LogP contribution in [0, 0.1) is 6.92 Å². The second kappa shape index (κ2) is 10.2. The van der Waals surface area contributed by atoms with Gasteiger partial charge in [-0.2, -0.15) is 10.1 Å². The maximum atomic E-state index is 13.1. The van der Waals surface area contributed by atoms with Crippen molar-refractivity contribution in [2.24, 2.45) is 0 Å². The van der Waals surface area contributed by atoms with Crippen LogP contribution in [0.5, 0.6) is 0 Å². The van der Waals surface area contributed by atoms with Gasteiger partial charge in [-0.15, -0.1) is 0 Å². The lowest BCUT2D eigenvalue weighted by atomic mass is 9.96. The number of oxazole rings is 1. The molecule has 1 aliphatic rings. The lowest BCUT2D eigenvalue weighted by Gasteiger charge is -2.19. The number of fused-ring (bicyclic) bond motifs is 1. The Morgan fingerprint density at radius 1 is 1.21 bits per heavy atom. The molecule has 0 aliphatic carbocycles. The normalized spacial score (nSPS) is 15.4. The summed E-state index contributed by atoms with van der Waals surface area (Å²) in [5.74, 6) is 0.838. The van der Waals surface area contributed by atoms with Crippen molar-refractivity contribution in [3.05, 3.63) is 65.4 Å². The summed E-state index contributed by atoms with van der Waals surface area (Å²) in [5, 5.41) is 22.7. The molecule has 2 amide bonds. The van der Waals surface area contributed by atoms with Crippen molar-refractivity contribution < 1.29 is 19.1 Å². The van der Waals surface area contributed by atoms with Gasteiger partial charge in [-0.1, -0.05) is 32.9 Å². The number of carbonyl (C=O) groups is 2. The molecular formula is C26H29N9O4. The Labute approximate surface area is 224 Å². The van der Waals surface area contributed by atoms with Crippen molar-refractivity contribution in [1.82, 2.24) is 40.3 Å². The largest absolute Gasteiger partial charge is 0.465 e. The van der Waals surface area contributed by atoms with Gasteiger partial charge < -0.3 is 25.1 Å². The zero-order valence-electron chi connectivity index (χ0n) is 22.0. The monoisotopic (exact) mass is 531 g/mol. The first kappa shape index (κ1) is 25.8. The van der Waals surface area contributed by atoms with Gasteiger partial charge >= 0.3 is 6.09 Å². The fourth-order valence-corrected chi connectivity index (χ4v) is 4.31. The highest BCUT2D eigenvalue weighted by Crippen LogP contribution is 2.31. The highest BCUT2D eigenvalue weighted by molar-refractivity contribution is 5.92. The maximum absolute atomic E-state index is 13.1. The standard InChI is InChI=1S/C26H29N9O4/c1-14-19(10-29-34-14)32-24-28-13-27-21(33-24)15-5-6-17-16(9-15)11-35(25(37)38)8-7-18(17)30-22(36)20-12-39-23(31-20)26(2,3)4/h5-6,9-10,12-13,18H,7-8,11H2,1-4H3,(H,29,34)(H,30,36)(H,37,38)(H,27,28,32,33)/t18-/m1/s1. The van der Waals surface area contributed by atoms with Gasteiger partial charge in [0.05, 0.1) is 23.6 Å². The van der Waals surface area contributed by atoms with E-state index in [0.29, 0.717) is 29.6 Å². The second-order valence-electron chi connectivity index (χ2n) is 10.4. The van der Waals surface area contributed by atoms with Crippen molar-refractivity contribution in [2.45, 2.75) is 52.1 Å². The summed E-state index contributed by atoms with van der Waals surface area (Å²) in [6.45, 7) is 8.13. The molecule has 0 bridgehead atoms. The van der Waals surface area contributed by atoms with Crippen LogP contribution in [0.1, 0.15) is 66.4 Å². The van der Waals surface area contributed by atoms with Gasteiger partial charge in [-0.3, -0.25) is 9.89 Å². The molecule has 1 atom stereocenters. The molecule has 4 heterocycles. The van der Waals surface area contributed by atoms with E-state index in [2.05, 4.69) is 40.8 Å². The van der Waals surface area contributed by atoms with Crippen molar-refractivity contribution in [3.8, 4) is 11.4 Å². The number of amides is 2. The summed E-state index contributed by atoms with van der Waals surface area (Å²) in [6, 6.07) is 5.15. The lowest BCUT2D eigenvalue weighted by molar-refractivity contribution is 0.0928. The molecule has 39 heavy (non-hydrogen) atoms. The second-order valence-corrected chi connectivity index (χ2v) is 10.4. The highest BCUT2D eigenvalue weighted by Gasteiger charge is 2.28. The lowest BCUT2D eigenvalue weighted by Crippen LogP contribution is -2.32. The van der Waals surface area contributed by atoms with Gasteiger partial charge in [0.1, 0.15) is 12.6 Å². The molecule has 13 heteroatoms. The van der Waals surface area contributed by atoms with E-state index < -0.39 is 12.1 Å². The molecule has 202 valence electrons. The number of aryl methyl sites for hydroxylation is 1. The minimum absolute atomic E-state index is 0.160. The van der Waals surface area contributed by atoms with E-state index >= 15 is 0 Å². The number of H-pyrrole nitrogens is 1. The number of rotatable bonds is 5. The number of hydrogen-bond acceptors (Lipinski definition) is 9. The number of aromatic amines is 1. The van der Waals surface area contributed by atoms with Gasteiger partial charge in [0.25, 0.3) is 5.91 Å². The zero-order chi connectivity index (χ0) is 27.7. The average molecular weight is 532 g/mol. The van der Waals surface area contributed by atoms with Crippen LogP contribution in [0.3, 0.4) is 0 Å². The van der Waals surface area contributed by atoms with Crippen LogP contribution in [-0.2, 0) is 12.0 Å². The van der Waals surface area contributed by atoms with E-state index in [-0.39, 0.29) is 30.1 Å². The average Bonchev–Trinajstić information content (AvgIpc) is 3.51. The topological polar surface area (TPSA) is 175 Å². The van der Waals surface area contributed by atoms with E-state index in [1.54, 1.807) is 6.20 Å². The summed E-state index contributed by atoms with van der Waals surface area (Å²) in [4.78, 5) is 43.7. The van der Waals surface area contributed by atoms with Crippen LogP contribution in [-0.4, -0.2) is 58.7 Å². The smallest absolute Gasteiger partial charge is 0.407 e. The van der Waals surface area contributed by atoms with Gasteiger partial charge in [-0.25, -0.2) is 19.7 Å². The minimum Gasteiger partial charge on any atom is -0.465 e. The Morgan fingerprint density at radius 3 is 2.72 bits per heavy atom. The van der Waals surface area contributed by atoms with Crippen LogP contribution in [0.15, 0.2) is 41.4 Å². The number of anilines is 2. The van der Waals surface area contributed by atoms with Crippen LogP contribution < -0.4 is 10.6 Å². The van der Waals surface area contributed by atoms with E-state index in [1.165, 1.54) is 17.5 Å². The zero-order valence-corrected chi connectivity index (χ0v) is 22.0. The van der Waals surface area contributed by atoms with Gasteiger partial charge in [0.15, 0.2) is 17.4 Å². The molecule has 0 saturated heterocycles. The third-order valence-electron chi connectivity index (χ3n) is 6.43. The molecule has 4 N–H and O–H groups in total. The third kappa shape index (κ3) is 5.56. The highest BCUT2D eigenvalue weighted by atomic mass is 16.4.